The minimum absolute atomic E-state index is 0.174. The summed E-state index contributed by atoms with van der Waals surface area (Å²) in [5, 5.41) is 4.28. The molecule has 102 valence electrons. The van der Waals surface area contributed by atoms with E-state index in [1.165, 1.54) is 9.08 Å². The van der Waals surface area contributed by atoms with Gasteiger partial charge in [0.1, 0.15) is 0 Å². The van der Waals surface area contributed by atoms with Crippen molar-refractivity contribution in [2.75, 3.05) is 5.73 Å². The van der Waals surface area contributed by atoms with E-state index in [0.717, 1.165) is 0 Å². The molecule has 4 aromatic rings. The second-order valence-corrected chi connectivity index (χ2v) is 4.53. The monoisotopic (exact) mass is 278 g/mol. The van der Waals surface area contributed by atoms with Crippen molar-refractivity contribution in [2.24, 2.45) is 0 Å². The summed E-state index contributed by atoms with van der Waals surface area (Å²) in [5.41, 5.74) is 7.58. The van der Waals surface area contributed by atoms with Gasteiger partial charge in [0.05, 0.1) is 11.2 Å². The normalized spacial score (nSPS) is 11.2. The van der Waals surface area contributed by atoms with E-state index in [9.17, 15) is 4.79 Å². The molecule has 0 spiro atoms. The SMILES string of the molecule is Nc1nc2ncccc2n2c(=O)n(-c3ccccc3)nc12. The molecule has 21 heavy (non-hydrogen) atoms. The number of rotatable bonds is 1. The summed E-state index contributed by atoms with van der Waals surface area (Å²) in [6.45, 7) is 0. The predicted octanol–water partition coefficient (Wildman–Crippen LogP) is 1.01. The standard InChI is InChI=1S/C14H10N6O/c15-11-13-18-20(9-5-2-1-3-6-9)14(21)19(13)10-7-4-8-16-12(10)17-11/h1-8H,(H2,15,16,17). The smallest absolute Gasteiger partial charge is 0.355 e. The number of benzene rings is 1. The van der Waals surface area contributed by atoms with E-state index in [-0.39, 0.29) is 11.5 Å². The molecule has 3 aromatic heterocycles. The van der Waals surface area contributed by atoms with Crippen LogP contribution >= 0.6 is 0 Å². The number of para-hydroxylation sites is 1. The van der Waals surface area contributed by atoms with E-state index in [4.69, 9.17) is 5.73 Å². The molecule has 0 radical (unpaired) electrons. The zero-order valence-corrected chi connectivity index (χ0v) is 10.8. The third kappa shape index (κ3) is 1.61. The first-order valence-electron chi connectivity index (χ1n) is 6.33. The van der Waals surface area contributed by atoms with Gasteiger partial charge in [0.25, 0.3) is 0 Å². The van der Waals surface area contributed by atoms with Gasteiger partial charge in [-0.1, -0.05) is 18.2 Å². The van der Waals surface area contributed by atoms with Crippen LogP contribution < -0.4 is 11.4 Å². The lowest BCUT2D eigenvalue weighted by molar-refractivity contribution is 0.842. The second kappa shape index (κ2) is 4.14. The first kappa shape index (κ1) is 11.6. The van der Waals surface area contributed by atoms with Crippen LogP contribution in [-0.2, 0) is 0 Å². The lowest BCUT2D eigenvalue weighted by Crippen LogP contribution is -2.20. The van der Waals surface area contributed by atoms with Gasteiger partial charge in [0.2, 0.25) is 5.65 Å². The Hall–Kier alpha value is -3.22. The van der Waals surface area contributed by atoms with E-state index < -0.39 is 0 Å². The van der Waals surface area contributed by atoms with Crippen LogP contribution in [0.25, 0.3) is 22.5 Å². The summed E-state index contributed by atoms with van der Waals surface area (Å²) >= 11 is 0. The van der Waals surface area contributed by atoms with Crippen molar-refractivity contribution >= 4 is 22.6 Å². The number of nitrogens with two attached hydrogens (primary N) is 1. The molecule has 1 aromatic carbocycles. The second-order valence-electron chi connectivity index (χ2n) is 4.53. The Kier molecular flexibility index (Phi) is 2.28. The van der Waals surface area contributed by atoms with Crippen molar-refractivity contribution in [1.82, 2.24) is 24.1 Å². The van der Waals surface area contributed by atoms with Crippen molar-refractivity contribution in [3.63, 3.8) is 0 Å². The summed E-state index contributed by atoms with van der Waals surface area (Å²) in [7, 11) is 0. The third-order valence-electron chi connectivity index (χ3n) is 3.24. The number of nitrogen functional groups attached to an aromatic ring is 1. The highest BCUT2D eigenvalue weighted by atomic mass is 16.2. The lowest BCUT2D eigenvalue weighted by Gasteiger charge is -2.00. The van der Waals surface area contributed by atoms with Crippen molar-refractivity contribution in [2.45, 2.75) is 0 Å². The maximum absolute atomic E-state index is 12.6. The van der Waals surface area contributed by atoms with Gasteiger partial charge in [-0.25, -0.2) is 19.2 Å². The van der Waals surface area contributed by atoms with Crippen LogP contribution in [0, 0.1) is 0 Å². The van der Waals surface area contributed by atoms with Gasteiger partial charge >= 0.3 is 5.69 Å². The van der Waals surface area contributed by atoms with E-state index in [0.29, 0.717) is 22.5 Å². The Morgan fingerprint density at radius 1 is 1.05 bits per heavy atom. The topological polar surface area (TPSA) is 91.1 Å². The number of nitrogens with zero attached hydrogens (tertiary/aromatic N) is 5. The maximum atomic E-state index is 12.6. The van der Waals surface area contributed by atoms with Crippen molar-refractivity contribution < 1.29 is 0 Å². The summed E-state index contributed by atoms with van der Waals surface area (Å²) in [5.74, 6) is 0.174. The van der Waals surface area contributed by atoms with Gasteiger partial charge in [-0.05, 0) is 24.3 Å². The first-order valence-corrected chi connectivity index (χ1v) is 6.33. The summed E-state index contributed by atoms with van der Waals surface area (Å²) in [6, 6.07) is 12.7. The molecule has 4 rings (SSSR count). The van der Waals surface area contributed by atoms with Crippen LogP contribution in [0.3, 0.4) is 0 Å². The van der Waals surface area contributed by atoms with Crippen molar-refractivity contribution in [3.05, 3.63) is 59.1 Å². The minimum Gasteiger partial charge on any atom is -0.380 e. The quantitative estimate of drug-likeness (QED) is 0.561. The first-order chi connectivity index (χ1) is 10.3. The highest BCUT2D eigenvalue weighted by Gasteiger charge is 2.15. The van der Waals surface area contributed by atoms with E-state index in [2.05, 4.69) is 15.1 Å². The summed E-state index contributed by atoms with van der Waals surface area (Å²) in [6.07, 6.45) is 1.60. The van der Waals surface area contributed by atoms with E-state index in [1.807, 2.05) is 18.2 Å². The fourth-order valence-electron chi connectivity index (χ4n) is 2.30. The molecule has 0 atom stereocenters. The molecule has 0 fully saturated rings. The van der Waals surface area contributed by atoms with Gasteiger partial charge in [-0.15, -0.1) is 5.10 Å². The van der Waals surface area contributed by atoms with Crippen molar-refractivity contribution in [1.29, 1.82) is 0 Å². The Labute approximate surface area is 118 Å². The zero-order valence-electron chi connectivity index (χ0n) is 10.8. The number of hydrogen-bond acceptors (Lipinski definition) is 5. The number of pyridine rings is 1. The van der Waals surface area contributed by atoms with Crippen LogP contribution in [0.2, 0.25) is 0 Å². The van der Waals surface area contributed by atoms with Crippen LogP contribution in [0.15, 0.2) is 53.5 Å². The largest absolute Gasteiger partial charge is 0.380 e. The number of anilines is 1. The Bertz CT molecular complexity index is 1020. The maximum Gasteiger partial charge on any atom is 0.355 e. The fraction of sp³-hybridized carbons (Fsp3) is 0. The van der Waals surface area contributed by atoms with Gasteiger partial charge in [-0.2, -0.15) is 4.68 Å². The predicted molar refractivity (Wildman–Crippen MR) is 78.3 cm³/mol. The summed E-state index contributed by atoms with van der Waals surface area (Å²) < 4.78 is 2.73. The molecular weight excluding hydrogens is 268 g/mol. The fourth-order valence-corrected chi connectivity index (χ4v) is 2.30. The third-order valence-corrected chi connectivity index (χ3v) is 3.24. The highest BCUT2D eigenvalue weighted by molar-refractivity contribution is 5.78. The molecular formula is C14H10N6O. The molecule has 0 bridgehead atoms. The van der Waals surface area contributed by atoms with Crippen LogP contribution in [0.4, 0.5) is 5.82 Å². The molecule has 0 aliphatic carbocycles. The van der Waals surface area contributed by atoms with Gasteiger partial charge in [-0.3, -0.25) is 0 Å². The average molecular weight is 278 g/mol. The molecule has 3 heterocycles. The number of hydrogen-bond donors (Lipinski definition) is 1. The lowest BCUT2D eigenvalue weighted by atomic mass is 10.3. The molecule has 7 nitrogen and oxygen atoms in total. The van der Waals surface area contributed by atoms with Crippen LogP contribution in [-0.4, -0.2) is 24.1 Å². The number of aromatic nitrogens is 5. The molecule has 0 saturated heterocycles. The molecule has 2 N–H and O–H groups in total. The Balaban J connectivity index is 2.19. The molecule has 0 aliphatic heterocycles. The number of fused-ring (bicyclic) bond motifs is 3. The zero-order chi connectivity index (χ0) is 14.4. The Morgan fingerprint density at radius 3 is 2.67 bits per heavy atom. The van der Waals surface area contributed by atoms with Crippen LogP contribution in [0.5, 0.6) is 0 Å². The van der Waals surface area contributed by atoms with Crippen molar-refractivity contribution in [3.8, 4) is 5.69 Å². The van der Waals surface area contributed by atoms with Crippen LogP contribution in [0.1, 0.15) is 0 Å². The molecule has 0 saturated carbocycles. The highest BCUT2D eigenvalue weighted by Crippen LogP contribution is 2.15. The molecule has 0 amide bonds. The van der Waals surface area contributed by atoms with Gasteiger partial charge < -0.3 is 5.73 Å². The molecule has 0 unspecified atom stereocenters. The molecule has 0 aliphatic rings. The average Bonchev–Trinajstić information content (AvgIpc) is 2.87. The Morgan fingerprint density at radius 2 is 1.86 bits per heavy atom. The van der Waals surface area contributed by atoms with E-state index in [1.54, 1.807) is 30.5 Å². The molecule has 7 heteroatoms. The van der Waals surface area contributed by atoms with E-state index >= 15 is 0 Å². The minimum atomic E-state index is -0.302. The summed E-state index contributed by atoms with van der Waals surface area (Å²) in [4.78, 5) is 21.0. The van der Waals surface area contributed by atoms with Gasteiger partial charge in [0, 0.05) is 6.20 Å². The van der Waals surface area contributed by atoms with Gasteiger partial charge in [0.15, 0.2) is 11.5 Å².